The molecule has 2 N–H and O–H groups in total. The van der Waals surface area contributed by atoms with Gasteiger partial charge in [-0.25, -0.2) is 0 Å². The first-order chi connectivity index (χ1) is 12.0. The van der Waals surface area contributed by atoms with Gasteiger partial charge in [0.25, 0.3) is 5.91 Å². The van der Waals surface area contributed by atoms with E-state index in [1.807, 2.05) is 54.7 Å². The van der Waals surface area contributed by atoms with Crippen LogP contribution in [0.15, 0.2) is 35.7 Å². The smallest absolute Gasteiger partial charge is 0.264 e. The molecule has 1 aliphatic heterocycles. The van der Waals surface area contributed by atoms with E-state index in [1.54, 1.807) is 0 Å². The number of carbonyl (C=O) groups excluding carboxylic acids is 1. The van der Waals surface area contributed by atoms with Gasteiger partial charge in [-0.2, -0.15) is 0 Å². The number of nitrogens with zero attached hydrogens (tertiary/aromatic N) is 2. The molecule has 0 spiro atoms. The van der Waals surface area contributed by atoms with E-state index in [-0.39, 0.29) is 12.0 Å². The van der Waals surface area contributed by atoms with Crippen molar-refractivity contribution in [1.29, 1.82) is 0 Å². The molecule has 2 aromatic rings. The molecule has 1 aromatic carbocycles. The Kier molecular flexibility index (Phi) is 5.60. The van der Waals surface area contributed by atoms with Crippen molar-refractivity contribution in [1.82, 2.24) is 4.90 Å². The van der Waals surface area contributed by atoms with E-state index in [2.05, 4.69) is 4.90 Å². The summed E-state index contributed by atoms with van der Waals surface area (Å²) < 4.78 is 5.76. The van der Waals surface area contributed by atoms with Crippen LogP contribution in [-0.4, -0.2) is 44.2 Å². The molecule has 1 saturated heterocycles. The van der Waals surface area contributed by atoms with Gasteiger partial charge >= 0.3 is 0 Å². The van der Waals surface area contributed by atoms with Crippen molar-refractivity contribution in [3.63, 3.8) is 0 Å². The van der Waals surface area contributed by atoms with Crippen LogP contribution in [0.3, 0.4) is 0 Å². The van der Waals surface area contributed by atoms with Gasteiger partial charge in [0.2, 0.25) is 0 Å². The van der Waals surface area contributed by atoms with Crippen LogP contribution in [0, 0.1) is 0 Å². The van der Waals surface area contributed by atoms with Crippen LogP contribution in [0.2, 0.25) is 0 Å². The zero-order valence-corrected chi connectivity index (χ0v) is 15.6. The Morgan fingerprint density at radius 3 is 2.84 bits per heavy atom. The maximum Gasteiger partial charge on any atom is 0.264 e. The summed E-state index contributed by atoms with van der Waals surface area (Å²) in [6, 6.07) is 9.64. The van der Waals surface area contributed by atoms with Crippen LogP contribution in [0.1, 0.15) is 28.1 Å². The van der Waals surface area contributed by atoms with E-state index in [4.69, 9.17) is 10.5 Å². The van der Waals surface area contributed by atoms with Gasteiger partial charge in [-0.15, -0.1) is 11.3 Å². The second-order valence-corrected chi connectivity index (χ2v) is 7.53. The van der Waals surface area contributed by atoms with Crippen LogP contribution in [0.25, 0.3) is 0 Å². The van der Waals surface area contributed by atoms with Crippen molar-refractivity contribution in [3.8, 4) is 0 Å². The fourth-order valence-electron chi connectivity index (χ4n) is 3.18. The Morgan fingerprint density at radius 1 is 1.36 bits per heavy atom. The number of benzene rings is 1. The number of nitrogen functional groups attached to an aromatic ring is 1. The third-order valence-corrected chi connectivity index (χ3v) is 5.27. The maximum atomic E-state index is 13.0. The zero-order valence-electron chi connectivity index (χ0n) is 14.8. The second kappa shape index (κ2) is 7.89. The lowest BCUT2D eigenvalue weighted by Gasteiger charge is -2.27. The van der Waals surface area contributed by atoms with Crippen molar-refractivity contribution in [3.05, 3.63) is 46.2 Å². The summed E-state index contributed by atoms with van der Waals surface area (Å²) in [6.07, 6.45) is 2.19. The molecule has 1 atom stereocenters. The Labute approximate surface area is 153 Å². The predicted octanol–water partition coefficient (Wildman–Crippen LogP) is 3.22. The average molecular weight is 359 g/mol. The number of ether oxygens (including phenoxy) is 1. The summed E-state index contributed by atoms with van der Waals surface area (Å²) in [5, 5.41) is 1.93. The first-order valence-electron chi connectivity index (χ1n) is 8.54. The van der Waals surface area contributed by atoms with Gasteiger partial charge in [0.1, 0.15) is 0 Å². The molecule has 2 heterocycles. The molecule has 1 aliphatic rings. The van der Waals surface area contributed by atoms with Crippen LogP contribution < -0.4 is 10.6 Å². The number of anilines is 2. The molecule has 1 fully saturated rings. The first-order valence-corrected chi connectivity index (χ1v) is 9.42. The molecule has 1 aromatic heterocycles. The van der Waals surface area contributed by atoms with E-state index in [1.165, 1.54) is 11.3 Å². The second-order valence-electron chi connectivity index (χ2n) is 6.58. The van der Waals surface area contributed by atoms with Gasteiger partial charge in [0.15, 0.2) is 0 Å². The minimum Gasteiger partial charge on any atom is -0.399 e. The molecular weight excluding hydrogens is 334 g/mol. The summed E-state index contributed by atoms with van der Waals surface area (Å²) in [6.45, 7) is 1.92. The van der Waals surface area contributed by atoms with Gasteiger partial charge in [0.05, 0.1) is 11.0 Å². The van der Waals surface area contributed by atoms with Gasteiger partial charge in [-0.05, 0) is 48.1 Å². The number of hydrogen-bond acceptors (Lipinski definition) is 5. The third kappa shape index (κ3) is 4.32. The van der Waals surface area contributed by atoms with Crippen molar-refractivity contribution >= 4 is 28.6 Å². The molecular formula is C19H25N3O2S. The van der Waals surface area contributed by atoms with E-state index >= 15 is 0 Å². The summed E-state index contributed by atoms with van der Waals surface area (Å²) in [5.41, 5.74) is 8.83. The van der Waals surface area contributed by atoms with E-state index in [9.17, 15) is 4.79 Å². The monoisotopic (exact) mass is 359 g/mol. The topological polar surface area (TPSA) is 58.8 Å². The Morgan fingerprint density at radius 2 is 2.20 bits per heavy atom. The lowest BCUT2D eigenvalue weighted by Crippen LogP contribution is -2.37. The highest BCUT2D eigenvalue weighted by Crippen LogP contribution is 2.25. The highest BCUT2D eigenvalue weighted by Gasteiger charge is 2.25. The number of carbonyl (C=O) groups is 1. The molecule has 25 heavy (non-hydrogen) atoms. The molecule has 0 unspecified atom stereocenters. The molecule has 0 aliphatic carbocycles. The molecule has 6 heteroatoms. The molecule has 3 rings (SSSR count). The van der Waals surface area contributed by atoms with E-state index in [0.29, 0.717) is 18.8 Å². The largest absolute Gasteiger partial charge is 0.399 e. The van der Waals surface area contributed by atoms with Gasteiger partial charge in [-0.3, -0.25) is 4.79 Å². The normalized spacial score (nSPS) is 16.8. The highest BCUT2D eigenvalue weighted by molar-refractivity contribution is 7.12. The summed E-state index contributed by atoms with van der Waals surface area (Å²) in [7, 11) is 4.00. The van der Waals surface area contributed by atoms with Crippen LogP contribution in [-0.2, 0) is 11.3 Å². The van der Waals surface area contributed by atoms with Crippen molar-refractivity contribution in [2.45, 2.75) is 25.5 Å². The lowest BCUT2D eigenvalue weighted by molar-refractivity contribution is 0.0511. The standard InChI is InChI=1S/C19H25N3O2S/c1-21(2)17-8-7-15(20)11-14(17)12-22(13-16-5-3-9-24-16)19(23)18-6-4-10-25-18/h4,6-8,10-11,16H,3,5,9,12-13,20H2,1-2H3/t16-/m0/s1. The average Bonchev–Trinajstić information content (AvgIpc) is 3.27. The number of nitrogens with two attached hydrogens (primary N) is 1. The number of hydrogen-bond donors (Lipinski definition) is 1. The quantitative estimate of drug-likeness (QED) is 0.805. The molecule has 134 valence electrons. The predicted molar refractivity (Wildman–Crippen MR) is 103 cm³/mol. The zero-order chi connectivity index (χ0) is 17.8. The van der Waals surface area contributed by atoms with Gasteiger partial charge < -0.3 is 20.3 Å². The Bertz CT molecular complexity index is 709. The summed E-state index contributed by atoms with van der Waals surface area (Å²) >= 11 is 1.47. The van der Waals surface area contributed by atoms with Crippen molar-refractivity contribution in [2.75, 3.05) is 37.9 Å². The SMILES string of the molecule is CN(C)c1ccc(N)cc1CN(C[C@@H]1CCCO1)C(=O)c1cccs1. The molecule has 5 nitrogen and oxygen atoms in total. The third-order valence-electron chi connectivity index (χ3n) is 4.41. The first kappa shape index (κ1) is 17.8. The van der Waals surface area contributed by atoms with Crippen molar-refractivity contribution in [2.24, 2.45) is 0 Å². The number of thiophene rings is 1. The van der Waals surface area contributed by atoms with Crippen LogP contribution in [0.5, 0.6) is 0 Å². The minimum atomic E-state index is 0.0534. The van der Waals surface area contributed by atoms with Crippen LogP contribution in [0.4, 0.5) is 11.4 Å². The Balaban J connectivity index is 1.86. The summed E-state index contributed by atoms with van der Waals surface area (Å²) in [5.74, 6) is 0.0534. The molecule has 0 saturated carbocycles. The number of amides is 1. The fraction of sp³-hybridized carbons (Fsp3) is 0.421. The number of rotatable bonds is 6. The summed E-state index contributed by atoms with van der Waals surface area (Å²) in [4.78, 5) is 17.7. The van der Waals surface area contributed by atoms with Gasteiger partial charge in [0, 0.05) is 45.2 Å². The van der Waals surface area contributed by atoms with E-state index < -0.39 is 0 Å². The fourth-order valence-corrected chi connectivity index (χ4v) is 3.87. The highest BCUT2D eigenvalue weighted by atomic mass is 32.1. The molecule has 1 amide bonds. The lowest BCUT2D eigenvalue weighted by atomic mass is 10.1. The molecule has 0 radical (unpaired) electrons. The molecule has 0 bridgehead atoms. The van der Waals surface area contributed by atoms with Crippen LogP contribution >= 0.6 is 11.3 Å². The Hall–Kier alpha value is -2.05. The van der Waals surface area contributed by atoms with E-state index in [0.717, 1.165) is 35.6 Å². The van der Waals surface area contributed by atoms with Gasteiger partial charge in [-0.1, -0.05) is 6.07 Å². The maximum absolute atomic E-state index is 13.0. The minimum absolute atomic E-state index is 0.0534. The van der Waals surface area contributed by atoms with Crippen molar-refractivity contribution < 1.29 is 9.53 Å².